The second-order valence-corrected chi connectivity index (χ2v) is 4.02. The fourth-order valence-electron chi connectivity index (χ4n) is 2.02. The maximum Gasteiger partial charge on any atom is 0.0946 e. The molecule has 3 N–H and O–H groups in total. The predicted octanol–water partition coefficient (Wildman–Crippen LogP) is 0.352. The van der Waals surface area contributed by atoms with Gasteiger partial charge in [0.05, 0.1) is 6.33 Å². The number of hydrogen-bond donors (Lipinski definition) is 2. The van der Waals surface area contributed by atoms with Gasteiger partial charge in [-0.2, -0.15) is 0 Å². The number of nitrogens with one attached hydrogen (secondary N) is 1. The van der Waals surface area contributed by atoms with Crippen molar-refractivity contribution in [1.29, 1.82) is 0 Å². The van der Waals surface area contributed by atoms with Gasteiger partial charge in [-0.05, 0) is 19.3 Å². The van der Waals surface area contributed by atoms with Crippen LogP contribution in [0.5, 0.6) is 0 Å². The van der Waals surface area contributed by atoms with Crippen LogP contribution in [0.25, 0.3) is 0 Å². The normalized spacial score (nSPS) is 26.9. The Balaban J connectivity index is 1.64. The first-order valence-corrected chi connectivity index (χ1v) is 5.29. The highest BCUT2D eigenvalue weighted by atomic mass is 15.0. The van der Waals surface area contributed by atoms with E-state index in [0.29, 0.717) is 12.1 Å². The summed E-state index contributed by atoms with van der Waals surface area (Å²) < 4.78 is 2.09. The molecule has 0 aromatic carbocycles. The minimum Gasteiger partial charge on any atom is -0.336 e. The van der Waals surface area contributed by atoms with Crippen molar-refractivity contribution < 1.29 is 0 Å². The smallest absolute Gasteiger partial charge is 0.0946 e. The van der Waals surface area contributed by atoms with Crippen molar-refractivity contribution in [3.63, 3.8) is 0 Å². The third-order valence-electron chi connectivity index (χ3n) is 2.84. The molecule has 78 valence electrons. The minimum absolute atomic E-state index is 0.417. The third kappa shape index (κ3) is 2.56. The van der Waals surface area contributed by atoms with Crippen molar-refractivity contribution in [3.8, 4) is 0 Å². The molecule has 2 unspecified atom stereocenters. The first-order valence-electron chi connectivity index (χ1n) is 5.29. The predicted molar refractivity (Wildman–Crippen MR) is 55.8 cm³/mol. The van der Waals surface area contributed by atoms with E-state index in [9.17, 15) is 0 Å². The van der Waals surface area contributed by atoms with E-state index < -0.39 is 0 Å². The van der Waals surface area contributed by atoms with Gasteiger partial charge < -0.3 is 15.6 Å². The Hall–Kier alpha value is -0.870. The molecule has 14 heavy (non-hydrogen) atoms. The summed E-state index contributed by atoms with van der Waals surface area (Å²) in [5.41, 5.74) is 5.84. The molecule has 4 nitrogen and oxygen atoms in total. The lowest BCUT2D eigenvalue weighted by molar-refractivity contribution is 0.491. The number of nitrogens with zero attached hydrogens (tertiary/aromatic N) is 2. The van der Waals surface area contributed by atoms with Crippen LogP contribution in [-0.2, 0) is 6.54 Å². The van der Waals surface area contributed by atoms with Crippen LogP contribution in [0.15, 0.2) is 18.7 Å². The molecule has 0 spiro atoms. The molecule has 1 aliphatic carbocycles. The molecule has 1 saturated carbocycles. The molecule has 1 aliphatic rings. The van der Waals surface area contributed by atoms with Gasteiger partial charge >= 0.3 is 0 Å². The molecule has 0 saturated heterocycles. The molecule has 1 aromatic heterocycles. The summed E-state index contributed by atoms with van der Waals surface area (Å²) in [6.45, 7) is 2.00. The van der Waals surface area contributed by atoms with Crippen molar-refractivity contribution >= 4 is 0 Å². The summed E-state index contributed by atoms with van der Waals surface area (Å²) in [5, 5.41) is 3.52. The largest absolute Gasteiger partial charge is 0.336 e. The van der Waals surface area contributed by atoms with Crippen LogP contribution in [0.4, 0.5) is 0 Å². The standard InChI is InChI=1S/C10H18N4/c11-9-1-2-10(7-9)13-4-6-14-5-3-12-8-14/h3,5,8-10,13H,1-2,4,6-7,11H2. The summed E-state index contributed by atoms with van der Waals surface area (Å²) in [6, 6.07) is 1.05. The molecule has 0 bridgehead atoms. The van der Waals surface area contributed by atoms with E-state index in [1.54, 1.807) is 0 Å². The highest BCUT2D eigenvalue weighted by Crippen LogP contribution is 2.16. The van der Waals surface area contributed by atoms with Gasteiger partial charge in [-0.15, -0.1) is 0 Å². The minimum atomic E-state index is 0.417. The van der Waals surface area contributed by atoms with E-state index in [-0.39, 0.29) is 0 Å². The van der Waals surface area contributed by atoms with Gasteiger partial charge in [-0.25, -0.2) is 4.98 Å². The average Bonchev–Trinajstić information content (AvgIpc) is 2.77. The number of nitrogens with two attached hydrogens (primary N) is 1. The molecule has 1 fully saturated rings. The van der Waals surface area contributed by atoms with Crippen LogP contribution in [0.3, 0.4) is 0 Å². The fraction of sp³-hybridized carbons (Fsp3) is 0.700. The van der Waals surface area contributed by atoms with Gasteiger partial charge in [0.1, 0.15) is 0 Å². The van der Waals surface area contributed by atoms with Crippen LogP contribution < -0.4 is 11.1 Å². The van der Waals surface area contributed by atoms with Gasteiger partial charge in [0.2, 0.25) is 0 Å². The van der Waals surface area contributed by atoms with E-state index in [1.165, 1.54) is 12.8 Å². The van der Waals surface area contributed by atoms with Crippen molar-refractivity contribution in [2.45, 2.75) is 37.9 Å². The van der Waals surface area contributed by atoms with E-state index >= 15 is 0 Å². The van der Waals surface area contributed by atoms with Crippen LogP contribution in [0.2, 0.25) is 0 Å². The Morgan fingerprint density at radius 2 is 2.43 bits per heavy atom. The number of hydrogen-bond acceptors (Lipinski definition) is 3. The van der Waals surface area contributed by atoms with Crippen molar-refractivity contribution in [1.82, 2.24) is 14.9 Å². The Morgan fingerprint density at radius 1 is 1.50 bits per heavy atom. The highest BCUT2D eigenvalue weighted by Gasteiger charge is 2.20. The highest BCUT2D eigenvalue weighted by molar-refractivity contribution is 4.83. The van der Waals surface area contributed by atoms with Gasteiger partial charge in [0, 0.05) is 37.6 Å². The second kappa shape index (κ2) is 4.57. The van der Waals surface area contributed by atoms with Crippen LogP contribution in [-0.4, -0.2) is 28.2 Å². The molecule has 1 aromatic rings. The summed E-state index contributed by atoms with van der Waals surface area (Å²) in [6.07, 6.45) is 9.17. The maximum atomic E-state index is 5.84. The van der Waals surface area contributed by atoms with E-state index in [0.717, 1.165) is 19.5 Å². The molecule has 2 rings (SSSR count). The fourth-order valence-corrected chi connectivity index (χ4v) is 2.02. The van der Waals surface area contributed by atoms with E-state index in [1.807, 2.05) is 18.7 Å². The second-order valence-electron chi connectivity index (χ2n) is 4.02. The number of imidazole rings is 1. The summed E-state index contributed by atoms with van der Waals surface area (Å²) >= 11 is 0. The van der Waals surface area contributed by atoms with Crippen molar-refractivity contribution in [2.75, 3.05) is 6.54 Å². The molecule has 0 radical (unpaired) electrons. The number of aromatic nitrogens is 2. The monoisotopic (exact) mass is 194 g/mol. The molecule has 4 heteroatoms. The van der Waals surface area contributed by atoms with Gasteiger partial charge in [-0.3, -0.25) is 0 Å². The van der Waals surface area contributed by atoms with Crippen LogP contribution in [0, 0.1) is 0 Å². The Bertz CT molecular complexity index is 257. The average molecular weight is 194 g/mol. The molecule has 0 aliphatic heterocycles. The Kier molecular flexibility index (Phi) is 3.16. The molecule has 1 heterocycles. The number of rotatable bonds is 4. The molecular weight excluding hydrogens is 176 g/mol. The topological polar surface area (TPSA) is 55.9 Å². The molecule has 2 atom stereocenters. The lowest BCUT2D eigenvalue weighted by Gasteiger charge is -2.12. The summed E-state index contributed by atoms with van der Waals surface area (Å²) in [4.78, 5) is 4.00. The summed E-state index contributed by atoms with van der Waals surface area (Å²) in [5.74, 6) is 0. The third-order valence-corrected chi connectivity index (χ3v) is 2.84. The molecular formula is C10H18N4. The first-order chi connectivity index (χ1) is 6.84. The Labute approximate surface area is 84.5 Å². The van der Waals surface area contributed by atoms with Crippen molar-refractivity contribution in [2.24, 2.45) is 5.73 Å². The van der Waals surface area contributed by atoms with Crippen LogP contribution in [0.1, 0.15) is 19.3 Å². The van der Waals surface area contributed by atoms with E-state index in [4.69, 9.17) is 5.73 Å². The lowest BCUT2D eigenvalue weighted by atomic mass is 10.2. The quantitative estimate of drug-likeness (QED) is 0.727. The summed E-state index contributed by atoms with van der Waals surface area (Å²) in [7, 11) is 0. The zero-order valence-electron chi connectivity index (χ0n) is 8.39. The van der Waals surface area contributed by atoms with Crippen molar-refractivity contribution in [3.05, 3.63) is 18.7 Å². The molecule has 0 amide bonds. The zero-order valence-corrected chi connectivity index (χ0v) is 8.39. The SMILES string of the molecule is NC1CCC(NCCn2ccnc2)C1. The Morgan fingerprint density at radius 3 is 3.07 bits per heavy atom. The van der Waals surface area contributed by atoms with Gasteiger partial charge in [0.25, 0.3) is 0 Å². The zero-order chi connectivity index (χ0) is 9.80. The first kappa shape index (κ1) is 9.68. The van der Waals surface area contributed by atoms with Crippen LogP contribution >= 0.6 is 0 Å². The van der Waals surface area contributed by atoms with E-state index in [2.05, 4.69) is 14.9 Å². The van der Waals surface area contributed by atoms with Gasteiger partial charge in [0.15, 0.2) is 0 Å². The maximum absolute atomic E-state index is 5.84. The van der Waals surface area contributed by atoms with Gasteiger partial charge in [-0.1, -0.05) is 0 Å². The lowest BCUT2D eigenvalue weighted by Crippen LogP contribution is -2.31.